The summed E-state index contributed by atoms with van der Waals surface area (Å²) in [5.41, 5.74) is 6.00. The highest BCUT2D eigenvalue weighted by Gasteiger charge is 2.43. The molecule has 2 aliphatic rings. The molecule has 11 heteroatoms. The highest BCUT2D eigenvalue weighted by molar-refractivity contribution is 6.01. The van der Waals surface area contributed by atoms with Gasteiger partial charge in [-0.2, -0.15) is 0 Å². The van der Waals surface area contributed by atoms with Crippen molar-refractivity contribution in [3.05, 3.63) is 53.8 Å². The summed E-state index contributed by atoms with van der Waals surface area (Å²) in [7, 11) is 0. The summed E-state index contributed by atoms with van der Waals surface area (Å²) in [6.45, 7) is 0.683. The lowest BCUT2D eigenvalue weighted by atomic mass is 10.1. The molecule has 4 amide bonds. The number of anilines is 1. The molecule has 1 atom stereocenters. The van der Waals surface area contributed by atoms with E-state index in [9.17, 15) is 18.8 Å². The third-order valence-electron chi connectivity index (χ3n) is 5.07. The zero-order valence-electron chi connectivity index (χ0n) is 17.0. The van der Waals surface area contributed by atoms with Gasteiger partial charge in [-0.1, -0.05) is 6.07 Å². The molecule has 2 aliphatic heterocycles. The maximum atomic E-state index is 13.5. The van der Waals surface area contributed by atoms with Crippen molar-refractivity contribution >= 4 is 23.5 Å². The van der Waals surface area contributed by atoms with Crippen molar-refractivity contribution in [3.63, 3.8) is 0 Å². The molecule has 2 aromatic rings. The predicted octanol–water partition coefficient (Wildman–Crippen LogP) is 0.945. The molecule has 4 N–H and O–H groups in total. The van der Waals surface area contributed by atoms with Crippen LogP contribution in [0.1, 0.15) is 10.4 Å². The van der Waals surface area contributed by atoms with Crippen LogP contribution in [0.25, 0.3) is 0 Å². The van der Waals surface area contributed by atoms with Crippen LogP contribution in [0.2, 0.25) is 0 Å². The number of carbonyl (C=O) groups excluding carboxylic acids is 3. The summed E-state index contributed by atoms with van der Waals surface area (Å²) in [6.07, 6.45) is -1.20. The second-order valence-corrected chi connectivity index (χ2v) is 7.15. The Balaban J connectivity index is 1.57. The molecule has 2 heterocycles. The first-order valence-corrected chi connectivity index (χ1v) is 9.99. The van der Waals surface area contributed by atoms with E-state index >= 15 is 0 Å². The number of benzene rings is 2. The molecule has 1 saturated heterocycles. The molecule has 0 spiro atoms. The van der Waals surface area contributed by atoms with Crippen LogP contribution in [0.4, 0.5) is 14.9 Å². The number of carbonyl (C=O) groups is 3. The van der Waals surface area contributed by atoms with Gasteiger partial charge in [0, 0.05) is 37.4 Å². The number of hydrogen-bond donors (Lipinski definition) is 3. The number of halogens is 1. The molecule has 0 aromatic heterocycles. The number of urea groups is 1. The fraction of sp³-hybridized carbons (Fsp3) is 0.286. The Morgan fingerprint density at radius 2 is 1.84 bits per heavy atom. The summed E-state index contributed by atoms with van der Waals surface area (Å²) in [4.78, 5) is 41.5. The number of nitrogens with one attached hydrogen (secondary N) is 2. The number of nitrogens with two attached hydrogens (primary N) is 1. The maximum Gasteiger partial charge on any atom is 0.323 e. The second kappa shape index (κ2) is 9.10. The lowest BCUT2D eigenvalue weighted by Gasteiger charge is -2.29. The molecule has 168 valence electrons. The van der Waals surface area contributed by atoms with Crippen LogP contribution in [-0.4, -0.2) is 66.8 Å². The van der Waals surface area contributed by atoms with Crippen molar-refractivity contribution in [2.24, 2.45) is 5.73 Å². The summed E-state index contributed by atoms with van der Waals surface area (Å²) in [5.74, 6) is -0.550. The van der Waals surface area contributed by atoms with E-state index in [1.807, 2.05) is 0 Å². The molecule has 1 unspecified atom stereocenters. The number of hydrogen-bond acceptors (Lipinski definition) is 6. The van der Waals surface area contributed by atoms with Gasteiger partial charge >= 0.3 is 6.03 Å². The predicted molar refractivity (Wildman–Crippen MR) is 112 cm³/mol. The summed E-state index contributed by atoms with van der Waals surface area (Å²) >= 11 is 0. The van der Waals surface area contributed by atoms with E-state index in [1.54, 1.807) is 12.1 Å². The lowest BCUT2D eigenvalue weighted by Crippen LogP contribution is -2.55. The van der Waals surface area contributed by atoms with Crippen molar-refractivity contribution in [1.29, 1.82) is 0 Å². The van der Waals surface area contributed by atoms with Crippen molar-refractivity contribution < 1.29 is 28.2 Å². The Morgan fingerprint density at radius 3 is 2.62 bits per heavy atom. The maximum absolute atomic E-state index is 13.5. The van der Waals surface area contributed by atoms with Gasteiger partial charge in [-0.05, 0) is 36.4 Å². The third-order valence-corrected chi connectivity index (χ3v) is 5.07. The van der Waals surface area contributed by atoms with Crippen LogP contribution >= 0.6 is 0 Å². The van der Waals surface area contributed by atoms with Gasteiger partial charge in [-0.3, -0.25) is 14.5 Å². The molecular weight excluding hydrogens is 421 g/mol. The first-order chi connectivity index (χ1) is 15.5. The zero-order chi connectivity index (χ0) is 22.7. The lowest BCUT2D eigenvalue weighted by molar-refractivity contribution is -0.127. The Kier molecular flexibility index (Phi) is 6.08. The molecule has 0 aliphatic carbocycles. The Bertz CT molecular complexity index is 1050. The zero-order valence-corrected chi connectivity index (χ0v) is 17.0. The van der Waals surface area contributed by atoms with E-state index in [2.05, 4.69) is 10.6 Å². The van der Waals surface area contributed by atoms with Gasteiger partial charge in [-0.25, -0.2) is 9.18 Å². The minimum Gasteiger partial charge on any atom is -0.454 e. The molecule has 32 heavy (non-hydrogen) atoms. The van der Waals surface area contributed by atoms with Gasteiger partial charge in [0.05, 0.1) is 0 Å². The fourth-order valence-electron chi connectivity index (χ4n) is 3.58. The van der Waals surface area contributed by atoms with E-state index in [4.69, 9.17) is 15.2 Å². The Morgan fingerprint density at radius 1 is 1.06 bits per heavy atom. The average Bonchev–Trinajstić information content (AvgIpc) is 3.43. The van der Waals surface area contributed by atoms with E-state index < -0.39 is 29.8 Å². The molecule has 0 saturated carbocycles. The first-order valence-electron chi connectivity index (χ1n) is 9.99. The number of fused-ring (bicyclic) bond motifs is 1. The highest BCUT2D eigenvalue weighted by Crippen LogP contribution is 2.33. The first kappa shape index (κ1) is 21.4. The van der Waals surface area contributed by atoms with Crippen LogP contribution < -0.4 is 25.8 Å². The minimum absolute atomic E-state index is 0.0643. The van der Waals surface area contributed by atoms with E-state index in [-0.39, 0.29) is 38.7 Å². The molecule has 4 rings (SSSR count). The van der Waals surface area contributed by atoms with Crippen LogP contribution in [0, 0.1) is 5.82 Å². The molecule has 0 radical (unpaired) electrons. The van der Waals surface area contributed by atoms with Gasteiger partial charge in [-0.15, -0.1) is 0 Å². The standard InChI is InChI=1S/C21H22FN5O5/c22-14-2-1-3-15(11-14)25-21(30)27-9-8-26(19(27)18(28)24-7-6-23)20(29)13-4-5-16-17(10-13)32-12-31-16/h1-5,10-11,19H,6-9,12,23H2,(H,24,28)(H,25,30). The van der Waals surface area contributed by atoms with Gasteiger partial charge in [0.1, 0.15) is 5.82 Å². The molecular formula is C21H22FN5O5. The molecule has 2 aromatic carbocycles. The van der Waals surface area contributed by atoms with Crippen LogP contribution in [0.15, 0.2) is 42.5 Å². The van der Waals surface area contributed by atoms with Crippen molar-refractivity contribution in [2.45, 2.75) is 6.17 Å². The average molecular weight is 443 g/mol. The van der Waals surface area contributed by atoms with E-state index in [0.29, 0.717) is 17.1 Å². The van der Waals surface area contributed by atoms with Gasteiger partial charge in [0.15, 0.2) is 17.7 Å². The number of amides is 4. The summed E-state index contributed by atoms with van der Waals surface area (Å²) in [5, 5.41) is 5.19. The quantitative estimate of drug-likeness (QED) is 0.632. The number of rotatable bonds is 5. The van der Waals surface area contributed by atoms with Crippen molar-refractivity contribution in [3.8, 4) is 11.5 Å². The topological polar surface area (TPSA) is 126 Å². The van der Waals surface area contributed by atoms with Crippen LogP contribution in [0.3, 0.4) is 0 Å². The number of nitrogens with zero attached hydrogens (tertiary/aromatic N) is 2. The van der Waals surface area contributed by atoms with Crippen LogP contribution in [0.5, 0.6) is 11.5 Å². The largest absolute Gasteiger partial charge is 0.454 e. The van der Waals surface area contributed by atoms with E-state index in [1.165, 1.54) is 34.1 Å². The Labute approximate surface area is 183 Å². The van der Waals surface area contributed by atoms with Gasteiger partial charge in [0.2, 0.25) is 6.79 Å². The summed E-state index contributed by atoms with van der Waals surface area (Å²) in [6, 6.07) is 9.47. The van der Waals surface area contributed by atoms with Gasteiger partial charge in [0.25, 0.3) is 11.8 Å². The van der Waals surface area contributed by atoms with Gasteiger partial charge < -0.3 is 30.7 Å². The second-order valence-electron chi connectivity index (χ2n) is 7.15. The normalized spacial score (nSPS) is 16.8. The monoisotopic (exact) mass is 443 g/mol. The van der Waals surface area contributed by atoms with Crippen molar-refractivity contribution in [1.82, 2.24) is 15.1 Å². The SMILES string of the molecule is NCCNC(=O)C1N(C(=O)Nc2cccc(F)c2)CCN1C(=O)c1ccc2c(c1)OCO2. The molecule has 1 fully saturated rings. The third kappa shape index (κ3) is 4.28. The molecule has 10 nitrogen and oxygen atoms in total. The smallest absolute Gasteiger partial charge is 0.323 e. The Hall–Kier alpha value is -3.86. The van der Waals surface area contributed by atoms with E-state index in [0.717, 1.165) is 6.07 Å². The number of ether oxygens (including phenoxy) is 2. The fourth-order valence-corrected chi connectivity index (χ4v) is 3.58. The van der Waals surface area contributed by atoms with Crippen LogP contribution in [-0.2, 0) is 4.79 Å². The van der Waals surface area contributed by atoms with Crippen molar-refractivity contribution in [2.75, 3.05) is 38.3 Å². The molecule has 0 bridgehead atoms. The highest BCUT2D eigenvalue weighted by atomic mass is 19.1. The summed E-state index contributed by atoms with van der Waals surface area (Å²) < 4.78 is 24.1. The minimum atomic E-state index is -1.20.